The number of aromatic amines is 1. The van der Waals surface area contributed by atoms with Gasteiger partial charge in [-0.2, -0.15) is 0 Å². The van der Waals surface area contributed by atoms with Crippen molar-refractivity contribution in [1.82, 2.24) is 20.9 Å². The number of nitrogens with one attached hydrogen (secondary N) is 4. The maximum atomic E-state index is 13.1. The topological polar surface area (TPSA) is 86.0 Å². The number of H-pyrrole nitrogens is 1. The summed E-state index contributed by atoms with van der Waals surface area (Å²) in [4.78, 5) is 28.1. The van der Waals surface area contributed by atoms with Gasteiger partial charge in [0.15, 0.2) is 5.11 Å². The van der Waals surface area contributed by atoms with Gasteiger partial charge in [-0.3, -0.25) is 4.79 Å². The van der Waals surface area contributed by atoms with Gasteiger partial charge in [0, 0.05) is 30.1 Å². The molecule has 0 aliphatic carbocycles. The molecule has 0 bridgehead atoms. The average Bonchev–Trinajstić information content (AvgIpc) is 3.23. The van der Waals surface area contributed by atoms with Gasteiger partial charge < -0.3 is 25.7 Å². The molecule has 3 aromatic rings. The molecule has 6 nitrogen and oxygen atoms in total. The Bertz CT molecular complexity index is 1050. The number of hydrogen-bond donors (Lipinski definition) is 4. The van der Waals surface area contributed by atoms with E-state index < -0.39 is 12.1 Å². The number of para-hydroxylation sites is 1. The lowest BCUT2D eigenvalue weighted by molar-refractivity contribution is -0.126. The Morgan fingerprint density at radius 1 is 1.09 bits per heavy atom. The summed E-state index contributed by atoms with van der Waals surface area (Å²) in [5.74, 6) is -0.202. The minimum atomic E-state index is -0.624. The zero-order valence-electron chi connectivity index (χ0n) is 18.4. The number of rotatable bonds is 10. The zero-order chi connectivity index (χ0) is 22.9. The summed E-state index contributed by atoms with van der Waals surface area (Å²) in [5, 5.41) is 10.7. The zero-order valence-corrected chi connectivity index (χ0v) is 19.2. The summed E-state index contributed by atoms with van der Waals surface area (Å²) < 4.78 is 0. The van der Waals surface area contributed by atoms with Crippen LogP contribution in [0.2, 0.25) is 0 Å². The fourth-order valence-electron chi connectivity index (χ4n) is 3.62. The molecule has 0 fully saturated rings. The van der Waals surface area contributed by atoms with Crippen molar-refractivity contribution < 1.29 is 9.59 Å². The van der Waals surface area contributed by atoms with Gasteiger partial charge >= 0.3 is 0 Å². The second kappa shape index (κ2) is 11.4. The van der Waals surface area contributed by atoms with Gasteiger partial charge in [0.2, 0.25) is 5.91 Å². The highest BCUT2D eigenvalue weighted by Crippen LogP contribution is 2.19. The summed E-state index contributed by atoms with van der Waals surface area (Å²) in [5.41, 5.74) is 3.10. The van der Waals surface area contributed by atoms with Gasteiger partial charge in [-0.15, -0.1) is 0 Å². The molecule has 0 unspecified atom stereocenters. The molecular formula is C25H30N4O2S. The SMILES string of the molecule is CC[C@H](C)[C@H](NC(=S)NCc1ccccc1)C(=O)N[C@H](C=O)Cc1c[nH]c2ccccc12. The first-order chi connectivity index (χ1) is 15.5. The summed E-state index contributed by atoms with van der Waals surface area (Å²) in [6.45, 7) is 4.59. The maximum Gasteiger partial charge on any atom is 0.243 e. The molecule has 7 heteroatoms. The normalized spacial score (nSPS) is 13.7. The lowest BCUT2D eigenvalue weighted by atomic mass is 9.97. The Kier molecular flexibility index (Phi) is 8.39. The van der Waals surface area contributed by atoms with Crippen molar-refractivity contribution in [1.29, 1.82) is 0 Å². The largest absolute Gasteiger partial charge is 0.361 e. The van der Waals surface area contributed by atoms with Crippen molar-refractivity contribution in [2.45, 2.75) is 45.3 Å². The highest BCUT2D eigenvalue weighted by molar-refractivity contribution is 7.80. The first-order valence-corrected chi connectivity index (χ1v) is 11.3. The van der Waals surface area contributed by atoms with Crippen molar-refractivity contribution >= 4 is 40.4 Å². The predicted molar refractivity (Wildman–Crippen MR) is 132 cm³/mol. The van der Waals surface area contributed by atoms with E-state index in [-0.39, 0.29) is 11.8 Å². The van der Waals surface area contributed by atoms with Crippen LogP contribution >= 0.6 is 12.2 Å². The molecule has 3 rings (SSSR count). The highest BCUT2D eigenvalue weighted by Gasteiger charge is 2.27. The van der Waals surface area contributed by atoms with E-state index in [0.29, 0.717) is 18.1 Å². The summed E-state index contributed by atoms with van der Waals surface area (Å²) in [6, 6.07) is 16.7. The van der Waals surface area contributed by atoms with Crippen LogP contribution < -0.4 is 16.0 Å². The standard InChI is InChI=1S/C25H30N4O2S/c1-3-17(2)23(29-25(32)27-14-18-9-5-4-6-10-18)24(31)28-20(16-30)13-19-15-26-22-12-8-7-11-21(19)22/h4-12,15-17,20,23,26H,3,13-14H2,1-2H3,(H,28,31)(H2,27,29,32)/t17-,20-,23-/m0/s1. The Balaban J connectivity index is 1.62. The molecule has 0 aliphatic rings. The van der Waals surface area contributed by atoms with Gasteiger partial charge in [-0.25, -0.2) is 0 Å². The number of amides is 1. The van der Waals surface area contributed by atoms with Crippen LogP contribution in [0.25, 0.3) is 10.9 Å². The van der Waals surface area contributed by atoms with Crippen LogP contribution in [0.3, 0.4) is 0 Å². The van der Waals surface area contributed by atoms with E-state index in [1.165, 1.54) is 0 Å². The number of hydrogen-bond acceptors (Lipinski definition) is 3. The van der Waals surface area contributed by atoms with Crippen LogP contribution in [0.5, 0.6) is 0 Å². The van der Waals surface area contributed by atoms with E-state index in [1.54, 1.807) is 0 Å². The lowest BCUT2D eigenvalue weighted by Gasteiger charge is -2.26. The Morgan fingerprint density at radius 2 is 1.81 bits per heavy atom. The molecule has 0 aliphatic heterocycles. The van der Waals surface area contributed by atoms with Crippen molar-refractivity contribution in [3.05, 3.63) is 71.9 Å². The van der Waals surface area contributed by atoms with Crippen molar-refractivity contribution in [2.75, 3.05) is 0 Å². The molecule has 0 saturated heterocycles. The van der Waals surface area contributed by atoms with Gasteiger partial charge in [0.1, 0.15) is 12.3 Å². The minimum Gasteiger partial charge on any atom is -0.361 e. The molecule has 4 N–H and O–H groups in total. The van der Waals surface area contributed by atoms with E-state index in [9.17, 15) is 9.59 Å². The van der Waals surface area contributed by atoms with Crippen LogP contribution in [0.1, 0.15) is 31.4 Å². The number of benzene rings is 2. The molecule has 1 aromatic heterocycles. The fourth-order valence-corrected chi connectivity index (χ4v) is 3.81. The predicted octanol–water partition coefficient (Wildman–Crippen LogP) is 3.47. The van der Waals surface area contributed by atoms with E-state index in [4.69, 9.17) is 12.2 Å². The Labute approximate surface area is 194 Å². The molecule has 0 spiro atoms. The van der Waals surface area contributed by atoms with Crippen LogP contribution in [0.4, 0.5) is 0 Å². The molecule has 2 aromatic carbocycles. The molecule has 3 atom stereocenters. The third-order valence-corrected chi connectivity index (χ3v) is 5.95. The van der Waals surface area contributed by atoms with Crippen LogP contribution in [-0.2, 0) is 22.6 Å². The van der Waals surface area contributed by atoms with Gasteiger partial charge in [-0.05, 0) is 35.3 Å². The van der Waals surface area contributed by atoms with Gasteiger partial charge in [0.25, 0.3) is 0 Å². The minimum absolute atomic E-state index is 0.0341. The number of aromatic nitrogens is 1. The molecule has 1 amide bonds. The third-order valence-electron chi connectivity index (χ3n) is 5.68. The summed E-state index contributed by atoms with van der Waals surface area (Å²) in [7, 11) is 0. The van der Waals surface area contributed by atoms with E-state index in [1.807, 2.05) is 74.6 Å². The van der Waals surface area contributed by atoms with E-state index in [0.717, 1.165) is 34.7 Å². The molecule has 1 heterocycles. The van der Waals surface area contributed by atoms with Crippen molar-refractivity contribution in [3.63, 3.8) is 0 Å². The van der Waals surface area contributed by atoms with Crippen LogP contribution in [0, 0.1) is 5.92 Å². The highest BCUT2D eigenvalue weighted by atomic mass is 32.1. The number of carbonyl (C=O) groups is 2. The lowest BCUT2D eigenvalue weighted by Crippen LogP contribution is -2.55. The van der Waals surface area contributed by atoms with Gasteiger partial charge in [-0.1, -0.05) is 68.8 Å². The molecule has 0 saturated carbocycles. The van der Waals surface area contributed by atoms with Crippen LogP contribution in [-0.4, -0.2) is 34.4 Å². The van der Waals surface area contributed by atoms with E-state index in [2.05, 4.69) is 20.9 Å². The average molecular weight is 451 g/mol. The van der Waals surface area contributed by atoms with Crippen LogP contribution in [0.15, 0.2) is 60.8 Å². The first kappa shape index (κ1) is 23.5. The number of aldehydes is 1. The monoisotopic (exact) mass is 450 g/mol. The fraction of sp³-hybridized carbons (Fsp3) is 0.320. The molecule has 0 radical (unpaired) electrons. The van der Waals surface area contributed by atoms with Gasteiger partial charge in [0.05, 0.1) is 6.04 Å². The number of fused-ring (bicyclic) bond motifs is 1. The third kappa shape index (κ3) is 6.17. The summed E-state index contributed by atoms with van der Waals surface area (Å²) >= 11 is 5.43. The molecule has 168 valence electrons. The number of thiocarbonyl (C=S) groups is 1. The Morgan fingerprint density at radius 3 is 2.53 bits per heavy atom. The second-order valence-corrected chi connectivity index (χ2v) is 8.40. The molecular weight excluding hydrogens is 420 g/mol. The smallest absolute Gasteiger partial charge is 0.243 e. The summed E-state index contributed by atoms with van der Waals surface area (Å²) in [6.07, 6.45) is 3.89. The first-order valence-electron chi connectivity index (χ1n) is 10.9. The maximum absolute atomic E-state index is 13.1. The number of carbonyl (C=O) groups excluding carboxylic acids is 2. The second-order valence-electron chi connectivity index (χ2n) is 7.99. The quantitative estimate of drug-likeness (QED) is 0.281. The van der Waals surface area contributed by atoms with Crippen molar-refractivity contribution in [3.8, 4) is 0 Å². The van der Waals surface area contributed by atoms with Crippen molar-refractivity contribution in [2.24, 2.45) is 5.92 Å². The Hall–Kier alpha value is -3.19. The molecule has 32 heavy (non-hydrogen) atoms. The van der Waals surface area contributed by atoms with E-state index >= 15 is 0 Å².